The van der Waals surface area contributed by atoms with Crippen molar-refractivity contribution in [2.24, 2.45) is 0 Å². The molecular weight excluding hydrogens is 206 g/mol. The van der Waals surface area contributed by atoms with Crippen LogP contribution in [0.15, 0.2) is 0 Å². The smallest absolute Gasteiger partial charge is 0.342 e. The van der Waals surface area contributed by atoms with Gasteiger partial charge in [-0.15, -0.1) is 0 Å². The van der Waals surface area contributed by atoms with E-state index < -0.39 is 18.8 Å². The first-order chi connectivity index (χ1) is 7.11. The van der Waals surface area contributed by atoms with Crippen LogP contribution in [0, 0.1) is 0 Å². The number of alkyl halides is 2. The Labute approximate surface area is 85.6 Å². The Morgan fingerprint density at radius 2 is 2.33 bits per heavy atom. The van der Waals surface area contributed by atoms with E-state index in [1.807, 2.05) is 0 Å². The van der Waals surface area contributed by atoms with Gasteiger partial charge in [0.2, 0.25) is 0 Å². The molecule has 1 unspecified atom stereocenters. The molecule has 0 aliphatic carbocycles. The zero-order valence-corrected chi connectivity index (χ0v) is 8.51. The van der Waals surface area contributed by atoms with Crippen molar-refractivity contribution in [3.63, 3.8) is 0 Å². The van der Waals surface area contributed by atoms with Crippen LogP contribution >= 0.6 is 0 Å². The zero-order valence-electron chi connectivity index (χ0n) is 8.51. The van der Waals surface area contributed by atoms with E-state index >= 15 is 0 Å². The number of hydrogen-bond donors (Lipinski definition) is 1. The summed E-state index contributed by atoms with van der Waals surface area (Å²) in [6, 6.07) is 0. The van der Waals surface area contributed by atoms with Gasteiger partial charge in [0.25, 0.3) is 0 Å². The van der Waals surface area contributed by atoms with Crippen molar-refractivity contribution in [3.05, 3.63) is 17.0 Å². The highest BCUT2D eigenvalue weighted by Crippen LogP contribution is 2.22. The summed E-state index contributed by atoms with van der Waals surface area (Å²) < 4.78 is 30.2. The summed E-state index contributed by atoms with van der Waals surface area (Å²) in [7, 11) is 0. The number of carbonyl (C=O) groups is 1. The molecule has 84 valence electrons. The number of esters is 1. The molecule has 0 saturated heterocycles. The van der Waals surface area contributed by atoms with Crippen LogP contribution in [0.1, 0.15) is 41.8 Å². The molecule has 1 rings (SSSR count). The van der Waals surface area contributed by atoms with Crippen LogP contribution < -0.4 is 0 Å². The Morgan fingerprint density at radius 1 is 1.67 bits per heavy atom. The predicted molar refractivity (Wildman–Crippen MR) is 48.9 cm³/mol. The SMILES string of the molecule is CCOC(=O)c1c(C(C)F)n[nH]c1CF. The fraction of sp³-hybridized carbons (Fsp3) is 0.556. The average molecular weight is 218 g/mol. The lowest BCUT2D eigenvalue weighted by Crippen LogP contribution is -2.09. The molecular formula is C9H12F2N2O2. The first kappa shape index (κ1) is 11.6. The van der Waals surface area contributed by atoms with Gasteiger partial charge in [-0.2, -0.15) is 5.10 Å². The second-order valence-electron chi connectivity index (χ2n) is 2.93. The molecule has 0 saturated carbocycles. The van der Waals surface area contributed by atoms with Gasteiger partial charge in [0, 0.05) is 0 Å². The molecule has 0 aliphatic heterocycles. The standard InChI is InChI=1S/C9H12F2N2O2/c1-3-15-9(14)7-6(4-10)12-13-8(7)5(2)11/h5H,3-4H2,1-2H3,(H,12,13). The number of nitrogens with zero attached hydrogens (tertiary/aromatic N) is 1. The lowest BCUT2D eigenvalue weighted by Gasteiger charge is -2.04. The highest BCUT2D eigenvalue weighted by molar-refractivity contribution is 5.92. The lowest BCUT2D eigenvalue weighted by molar-refractivity contribution is 0.0521. The third kappa shape index (κ3) is 2.31. The van der Waals surface area contributed by atoms with Crippen molar-refractivity contribution in [1.82, 2.24) is 10.2 Å². The monoisotopic (exact) mass is 218 g/mol. The van der Waals surface area contributed by atoms with Gasteiger partial charge in [0.15, 0.2) is 0 Å². The van der Waals surface area contributed by atoms with Crippen molar-refractivity contribution in [2.45, 2.75) is 26.7 Å². The molecule has 0 aliphatic rings. The third-order valence-corrected chi connectivity index (χ3v) is 1.86. The molecule has 0 spiro atoms. The van der Waals surface area contributed by atoms with Crippen LogP contribution in [0.3, 0.4) is 0 Å². The maximum absolute atomic E-state index is 13.0. The average Bonchev–Trinajstić information content (AvgIpc) is 2.61. The summed E-state index contributed by atoms with van der Waals surface area (Å²) in [5.74, 6) is -0.751. The Kier molecular flexibility index (Phi) is 3.76. The molecule has 15 heavy (non-hydrogen) atoms. The van der Waals surface area contributed by atoms with E-state index in [9.17, 15) is 13.6 Å². The normalized spacial score (nSPS) is 12.5. The van der Waals surface area contributed by atoms with Gasteiger partial charge < -0.3 is 4.74 Å². The maximum atomic E-state index is 13.0. The maximum Gasteiger partial charge on any atom is 0.342 e. The number of carbonyl (C=O) groups excluding carboxylic acids is 1. The van der Waals surface area contributed by atoms with E-state index in [0.29, 0.717) is 0 Å². The highest BCUT2D eigenvalue weighted by atomic mass is 19.1. The Balaban J connectivity index is 3.10. The largest absolute Gasteiger partial charge is 0.462 e. The van der Waals surface area contributed by atoms with Crippen LogP contribution in [0.2, 0.25) is 0 Å². The van der Waals surface area contributed by atoms with Crippen LogP contribution in [0.25, 0.3) is 0 Å². The minimum Gasteiger partial charge on any atom is -0.462 e. The Bertz CT molecular complexity index is 350. The number of nitrogens with one attached hydrogen (secondary N) is 1. The number of H-pyrrole nitrogens is 1. The van der Waals surface area contributed by atoms with Gasteiger partial charge in [-0.05, 0) is 13.8 Å². The molecule has 0 amide bonds. The molecule has 0 radical (unpaired) electrons. The van der Waals surface area contributed by atoms with Gasteiger partial charge in [-0.25, -0.2) is 13.6 Å². The Hall–Kier alpha value is -1.46. The second kappa shape index (κ2) is 4.86. The second-order valence-corrected chi connectivity index (χ2v) is 2.93. The Morgan fingerprint density at radius 3 is 2.80 bits per heavy atom. The van der Waals surface area contributed by atoms with Crippen molar-refractivity contribution in [2.75, 3.05) is 6.61 Å². The number of aromatic nitrogens is 2. The summed E-state index contributed by atoms with van der Waals surface area (Å²) in [6.45, 7) is 2.08. The fourth-order valence-electron chi connectivity index (χ4n) is 1.21. The van der Waals surface area contributed by atoms with Gasteiger partial charge in [0.05, 0.1) is 12.3 Å². The predicted octanol–water partition coefficient (Wildman–Crippen LogP) is 2.09. The molecule has 1 atom stereocenters. The van der Waals surface area contributed by atoms with E-state index in [1.165, 1.54) is 6.92 Å². The first-order valence-corrected chi connectivity index (χ1v) is 4.56. The van der Waals surface area contributed by atoms with Gasteiger partial charge in [-0.1, -0.05) is 0 Å². The highest BCUT2D eigenvalue weighted by Gasteiger charge is 2.24. The summed E-state index contributed by atoms with van der Waals surface area (Å²) in [5.41, 5.74) is -0.289. The van der Waals surface area contributed by atoms with Gasteiger partial charge >= 0.3 is 5.97 Å². The van der Waals surface area contributed by atoms with Gasteiger partial charge in [0.1, 0.15) is 24.1 Å². The minimum absolute atomic E-state index is 0.0482. The van der Waals surface area contributed by atoms with Gasteiger partial charge in [-0.3, -0.25) is 5.10 Å². The molecule has 1 heterocycles. The number of rotatable bonds is 4. The van der Waals surface area contributed by atoms with Crippen molar-refractivity contribution in [1.29, 1.82) is 0 Å². The third-order valence-electron chi connectivity index (χ3n) is 1.86. The minimum atomic E-state index is -1.44. The van der Waals surface area contributed by atoms with Crippen LogP contribution in [-0.2, 0) is 11.4 Å². The zero-order chi connectivity index (χ0) is 11.4. The van der Waals surface area contributed by atoms with E-state index in [2.05, 4.69) is 14.9 Å². The molecule has 0 bridgehead atoms. The molecule has 1 N–H and O–H groups in total. The van der Waals surface area contributed by atoms with E-state index in [0.717, 1.165) is 0 Å². The van der Waals surface area contributed by atoms with Crippen LogP contribution in [-0.4, -0.2) is 22.8 Å². The lowest BCUT2D eigenvalue weighted by atomic mass is 10.1. The van der Waals surface area contributed by atoms with Crippen molar-refractivity contribution < 1.29 is 18.3 Å². The van der Waals surface area contributed by atoms with E-state index in [-0.39, 0.29) is 23.6 Å². The molecule has 1 aromatic heterocycles. The number of aromatic amines is 1. The van der Waals surface area contributed by atoms with Crippen LogP contribution in [0.4, 0.5) is 8.78 Å². The number of hydrogen-bond acceptors (Lipinski definition) is 3. The van der Waals surface area contributed by atoms with Crippen molar-refractivity contribution in [3.8, 4) is 0 Å². The summed E-state index contributed by atoms with van der Waals surface area (Å²) in [6.07, 6.45) is -1.44. The topological polar surface area (TPSA) is 55.0 Å². The molecule has 0 aromatic carbocycles. The first-order valence-electron chi connectivity index (χ1n) is 4.56. The summed E-state index contributed by atoms with van der Waals surface area (Å²) >= 11 is 0. The molecule has 4 nitrogen and oxygen atoms in total. The quantitative estimate of drug-likeness (QED) is 0.787. The number of halogens is 2. The van der Waals surface area contributed by atoms with Crippen LogP contribution in [0.5, 0.6) is 0 Å². The fourth-order valence-corrected chi connectivity index (χ4v) is 1.21. The number of ether oxygens (including phenoxy) is 1. The van der Waals surface area contributed by atoms with E-state index in [1.54, 1.807) is 6.92 Å². The molecule has 0 fully saturated rings. The molecule has 6 heteroatoms. The summed E-state index contributed by atoms with van der Waals surface area (Å²) in [5, 5.41) is 5.83. The molecule has 1 aromatic rings. The van der Waals surface area contributed by atoms with E-state index in [4.69, 9.17) is 0 Å². The van der Waals surface area contributed by atoms with Crippen molar-refractivity contribution >= 4 is 5.97 Å². The summed E-state index contributed by atoms with van der Waals surface area (Å²) in [4.78, 5) is 11.4.